The number of ether oxygens (including phenoxy) is 2. The number of aromatic nitrogens is 2. The molecule has 37 heavy (non-hydrogen) atoms. The van der Waals surface area contributed by atoms with Gasteiger partial charge in [0, 0.05) is 24.7 Å². The maximum atomic E-state index is 13.3. The summed E-state index contributed by atoms with van der Waals surface area (Å²) in [5, 5.41) is 9.93. The molecule has 1 saturated heterocycles. The van der Waals surface area contributed by atoms with Crippen LogP contribution in [0.3, 0.4) is 0 Å². The van der Waals surface area contributed by atoms with Crippen LogP contribution in [-0.2, 0) is 34.3 Å². The number of hydrogen-bond acceptors (Lipinski definition) is 7. The standard InChI is InChI=1S/C23H22F3N5O5S/c24-18-8-15(9-19(25)22(18)26)29-23(32)36-17-3-1-14(2-4-17)7-16-12-30-20(10-27-16)21(11-28-30)31-5-6-35-13-37(31,33)34/h1-4,8-9,11,16,27H,5-7,10,12-13H2,(H,29,32)/t16-/m0/s1. The first kappa shape index (κ1) is 25.0. The number of anilines is 2. The fourth-order valence-corrected chi connectivity index (χ4v) is 5.50. The van der Waals surface area contributed by atoms with Gasteiger partial charge in [-0.2, -0.15) is 5.10 Å². The quantitative estimate of drug-likeness (QED) is 0.481. The molecule has 0 radical (unpaired) electrons. The summed E-state index contributed by atoms with van der Waals surface area (Å²) in [7, 11) is -3.54. The lowest BCUT2D eigenvalue weighted by molar-refractivity contribution is 0.175. The summed E-state index contributed by atoms with van der Waals surface area (Å²) in [4.78, 5) is 12.0. The Morgan fingerprint density at radius 1 is 1.19 bits per heavy atom. The molecule has 196 valence electrons. The lowest BCUT2D eigenvalue weighted by atomic mass is 10.0. The van der Waals surface area contributed by atoms with Crippen molar-refractivity contribution in [2.75, 3.05) is 28.7 Å². The maximum Gasteiger partial charge on any atom is 0.417 e. The Morgan fingerprint density at radius 2 is 1.92 bits per heavy atom. The number of nitrogens with one attached hydrogen (secondary N) is 2. The molecule has 2 aromatic carbocycles. The van der Waals surface area contributed by atoms with E-state index in [1.54, 1.807) is 35.1 Å². The molecule has 0 aliphatic carbocycles. The minimum Gasteiger partial charge on any atom is -0.410 e. The summed E-state index contributed by atoms with van der Waals surface area (Å²) < 4.78 is 77.7. The summed E-state index contributed by atoms with van der Waals surface area (Å²) in [5.74, 6) is -4.64. The minimum atomic E-state index is -3.54. The van der Waals surface area contributed by atoms with Crippen LogP contribution in [0.4, 0.5) is 29.3 Å². The lowest BCUT2D eigenvalue weighted by Crippen LogP contribution is -2.44. The van der Waals surface area contributed by atoms with Crippen LogP contribution in [0.15, 0.2) is 42.6 Å². The smallest absolute Gasteiger partial charge is 0.410 e. The molecule has 3 heterocycles. The summed E-state index contributed by atoms with van der Waals surface area (Å²) in [6, 6.07) is 8.01. The Kier molecular flexibility index (Phi) is 6.79. The summed E-state index contributed by atoms with van der Waals surface area (Å²) in [5.41, 5.74) is 2.01. The van der Waals surface area contributed by atoms with Crippen molar-refractivity contribution in [2.45, 2.75) is 25.6 Å². The van der Waals surface area contributed by atoms with Gasteiger partial charge >= 0.3 is 6.09 Å². The molecule has 1 aromatic heterocycles. The van der Waals surface area contributed by atoms with E-state index in [9.17, 15) is 26.4 Å². The van der Waals surface area contributed by atoms with Gasteiger partial charge in [0.25, 0.3) is 10.0 Å². The average molecular weight is 538 g/mol. The Bertz CT molecular complexity index is 1410. The highest BCUT2D eigenvalue weighted by molar-refractivity contribution is 7.92. The second-order valence-electron chi connectivity index (χ2n) is 8.56. The second-order valence-corrected chi connectivity index (χ2v) is 10.4. The van der Waals surface area contributed by atoms with Crippen molar-refractivity contribution in [1.29, 1.82) is 0 Å². The van der Waals surface area contributed by atoms with Gasteiger partial charge in [0.05, 0.1) is 43.0 Å². The minimum absolute atomic E-state index is 0.0277. The van der Waals surface area contributed by atoms with Gasteiger partial charge in [-0.25, -0.2) is 26.4 Å². The normalized spacial score (nSPS) is 18.8. The number of sulfonamides is 1. The topological polar surface area (TPSA) is 115 Å². The van der Waals surface area contributed by atoms with Crippen LogP contribution in [0.2, 0.25) is 0 Å². The molecule has 1 fully saturated rings. The van der Waals surface area contributed by atoms with Crippen molar-refractivity contribution < 1.29 is 35.9 Å². The van der Waals surface area contributed by atoms with E-state index in [2.05, 4.69) is 15.7 Å². The van der Waals surface area contributed by atoms with Crippen molar-refractivity contribution >= 4 is 27.5 Å². The summed E-state index contributed by atoms with van der Waals surface area (Å²) in [6.45, 7) is 1.54. The van der Waals surface area contributed by atoms with Crippen LogP contribution in [0.1, 0.15) is 11.3 Å². The van der Waals surface area contributed by atoms with Crippen molar-refractivity contribution in [3.05, 3.63) is 71.3 Å². The van der Waals surface area contributed by atoms with Crippen LogP contribution in [0.5, 0.6) is 5.75 Å². The second kappa shape index (κ2) is 10.0. The van der Waals surface area contributed by atoms with E-state index in [4.69, 9.17) is 9.47 Å². The van der Waals surface area contributed by atoms with Gasteiger partial charge in [0.15, 0.2) is 23.4 Å². The number of fused-ring (bicyclic) bond motifs is 1. The Balaban J connectivity index is 1.17. The largest absolute Gasteiger partial charge is 0.417 e. The molecule has 2 N–H and O–H groups in total. The fraction of sp³-hybridized carbons (Fsp3) is 0.304. The molecule has 1 amide bonds. The zero-order valence-corrected chi connectivity index (χ0v) is 20.1. The first-order valence-corrected chi connectivity index (χ1v) is 12.9. The van der Waals surface area contributed by atoms with E-state index in [0.29, 0.717) is 43.9 Å². The fourth-order valence-electron chi connectivity index (χ4n) is 4.24. The van der Waals surface area contributed by atoms with Crippen LogP contribution < -0.4 is 19.7 Å². The van der Waals surface area contributed by atoms with E-state index < -0.39 is 33.6 Å². The summed E-state index contributed by atoms with van der Waals surface area (Å²) >= 11 is 0. The third kappa shape index (κ3) is 5.40. The number of hydrogen-bond donors (Lipinski definition) is 2. The molecule has 1 atom stereocenters. The Morgan fingerprint density at radius 3 is 2.62 bits per heavy atom. The number of amides is 1. The van der Waals surface area contributed by atoms with E-state index in [0.717, 1.165) is 11.3 Å². The first-order chi connectivity index (χ1) is 17.7. The molecule has 0 saturated carbocycles. The van der Waals surface area contributed by atoms with Crippen LogP contribution in [0.25, 0.3) is 0 Å². The third-order valence-corrected chi connectivity index (χ3v) is 7.52. The predicted molar refractivity (Wildman–Crippen MR) is 126 cm³/mol. The Labute approximate surface area is 210 Å². The SMILES string of the molecule is O=C(Nc1cc(F)c(F)c(F)c1)Oc1ccc(C[C@H]2Cn3ncc(N4CCOCS4(=O)=O)c3CN2)cc1. The van der Waals surface area contributed by atoms with Crippen molar-refractivity contribution in [3.63, 3.8) is 0 Å². The van der Waals surface area contributed by atoms with Gasteiger partial charge in [-0.1, -0.05) is 12.1 Å². The average Bonchev–Trinajstić information content (AvgIpc) is 3.26. The van der Waals surface area contributed by atoms with Gasteiger partial charge in [0.1, 0.15) is 5.75 Å². The number of carbonyl (C=O) groups excluding carboxylic acids is 1. The number of nitrogens with zero attached hydrogens (tertiary/aromatic N) is 3. The van der Waals surface area contributed by atoms with Crippen LogP contribution >= 0.6 is 0 Å². The molecule has 2 aliphatic heterocycles. The molecule has 0 unspecified atom stereocenters. The zero-order chi connectivity index (χ0) is 26.2. The molecule has 5 rings (SSSR count). The van der Waals surface area contributed by atoms with Crippen molar-refractivity contribution in [3.8, 4) is 5.75 Å². The molecule has 3 aromatic rings. The maximum absolute atomic E-state index is 13.3. The van der Waals surface area contributed by atoms with Gasteiger partial charge in [-0.15, -0.1) is 0 Å². The molecular formula is C23H22F3N5O5S. The highest BCUT2D eigenvalue weighted by Crippen LogP contribution is 2.28. The monoisotopic (exact) mass is 537 g/mol. The first-order valence-electron chi connectivity index (χ1n) is 11.3. The van der Waals surface area contributed by atoms with Crippen molar-refractivity contribution in [1.82, 2.24) is 15.1 Å². The number of benzene rings is 2. The zero-order valence-electron chi connectivity index (χ0n) is 19.3. The highest BCUT2D eigenvalue weighted by atomic mass is 32.2. The van der Waals surface area contributed by atoms with Crippen LogP contribution in [-0.4, -0.2) is 49.4 Å². The predicted octanol–water partition coefficient (Wildman–Crippen LogP) is 2.75. The van der Waals surface area contributed by atoms with Crippen LogP contribution in [0, 0.1) is 17.5 Å². The van der Waals surface area contributed by atoms with E-state index in [1.807, 2.05) is 0 Å². The van der Waals surface area contributed by atoms with Gasteiger partial charge < -0.3 is 14.8 Å². The third-order valence-electron chi connectivity index (χ3n) is 6.00. The van der Waals surface area contributed by atoms with E-state index >= 15 is 0 Å². The van der Waals surface area contributed by atoms with Crippen molar-refractivity contribution in [2.24, 2.45) is 0 Å². The molecular weight excluding hydrogens is 515 g/mol. The highest BCUT2D eigenvalue weighted by Gasteiger charge is 2.32. The summed E-state index contributed by atoms with van der Waals surface area (Å²) in [6.07, 6.45) is 1.20. The lowest BCUT2D eigenvalue weighted by Gasteiger charge is -2.30. The number of rotatable bonds is 5. The van der Waals surface area contributed by atoms with Gasteiger partial charge in [0.2, 0.25) is 0 Å². The molecule has 2 aliphatic rings. The molecule has 0 spiro atoms. The molecule has 0 bridgehead atoms. The van der Waals surface area contributed by atoms with E-state index in [-0.39, 0.29) is 30.0 Å². The number of halogens is 3. The molecule has 14 heteroatoms. The number of carbonyl (C=O) groups is 1. The molecule has 10 nitrogen and oxygen atoms in total. The van der Waals surface area contributed by atoms with E-state index in [1.165, 1.54) is 4.31 Å². The van der Waals surface area contributed by atoms with Gasteiger partial charge in [-0.05, 0) is 24.1 Å². The van der Waals surface area contributed by atoms with Gasteiger partial charge in [-0.3, -0.25) is 14.3 Å². The Hall–Kier alpha value is -3.62.